The highest BCUT2D eigenvalue weighted by molar-refractivity contribution is 5.85. The van der Waals surface area contributed by atoms with E-state index in [9.17, 15) is 4.79 Å². The fourth-order valence-electron chi connectivity index (χ4n) is 2.34. The van der Waals surface area contributed by atoms with Crippen molar-refractivity contribution in [3.05, 3.63) is 0 Å². The first-order valence-electron chi connectivity index (χ1n) is 7.28. The van der Waals surface area contributed by atoms with E-state index in [1.54, 1.807) is 0 Å². The Morgan fingerprint density at radius 1 is 1.28 bits per heavy atom. The minimum absolute atomic E-state index is 0.146. The van der Waals surface area contributed by atoms with Crippen LogP contribution in [0.25, 0.3) is 0 Å². The molecule has 0 radical (unpaired) electrons. The number of nitrogens with one attached hydrogen (secondary N) is 1. The number of carbonyl (C=O) groups excluding carboxylic acids is 1. The van der Waals surface area contributed by atoms with Crippen molar-refractivity contribution >= 4 is 5.91 Å². The van der Waals surface area contributed by atoms with Crippen LogP contribution in [0.5, 0.6) is 0 Å². The zero-order chi connectivity index (χ0) is 13.4. The van der Waals surface area contributed by atoms with E-state index in [2.05, 4.69) is 19.2 Å². The Kier molecular flexibility index (Phi) is 6.65. The Balaban J connectivity index is 2.56. The van der Waals surface area contributed by atoms with Crippen molar-refractivity contribution in [3.63, 3.8) is 0 Å². The second-order valence-corrected chi connectivity index (χ2v) is 5.26. The molecule has 4 nitrogen and oxygen atoms in total. The summed E-state index contributed by atoms with van der Waals surface area (Å²) in [6.45, 7) is 9.98. The highest BCUT2D eigenvalue weighted by Gasteiger charge is 2.38. The van der Waals surface area contributed by atoms with Crippen molar-refractivity contribution in [2.45, 2.75) is 52.1 Å². The van der Waals surface area contributed by atoms with Gasteiger partial charge in [-0.1, -0.05) is 26.7 Å². The number of hydrogen-bond acceptors (Lipinski definition) is 3. The Bertz CT molecular complexity index is 250. The first-order valence-corrected chi connectivity index (χ1v) is 7.28. The molecule has 0 aromatic carbocycles. The molecule has 1 aliphatic heterocycles. The number of unbranched alkanes of at least 4 members (excludes halogenated alkanes) is 2. The van der Waals surface area contributed by atoms with Crippen molar-refractivity contribution < 1.29 is 9.53 Å². The van der Waals surface area contributed by atoms with E-state index < -0.39 is 5.60 Å². The van der Waals surface area contributed by atoms with E-state index in [-0.39, 0.29) is 5.91 Å². The first-order chi connectivity index (χ1) is 8.64. The quantitative estimate of drug-likeness (QED) is 0.706. The van der Waals surface area contributed by atoms with Gasteiger partial charge in [-0.05, 0) is 19.8 Å². The molecule has 0 saturated carbocycles. The molecule has 0 spiro atoms. The summed E-state index contributed by atoms with van der Waals surface area (Å²) < 4.78 is 5.71. The van der Waals surface area contributed by atoms with Crippen LogP contribution >= 0.6 is 0 Å². The molecule has 0 aromatic heterocycles. The second-order valence-electron chi connectivity index (χ2n) is 5.26. The zero-order valence-electron chi connectivity index (χ0n) is 12.1. The maximum Gasteiger partial charge on any atom is 0.255 e. The maximum atomic E-state index is 12.6. The Morgan fingerprint density at radius 3 is 2.61 bits per heavy atom. The molecule has 18 heavy (non-hydrogen) atoms. The highest BCUT2D eigenvalue weighted by Crippen LogP contribution is 2.17. The van der Waals surface area contributed by atoms with Crippen molar-refractivity contribution in [1.82, 2.24) is 10.2 Å². The molecule has 0 aliphatic carbocycles. The zero-order valence-corrected chi connectivity index (χ0v) is 12.1. The molecule has 1 heterocycles. The standard InChI is InChI=1S/C14H28N2O2/c1-4-6-7-10-16(9-5-2)13(17)14(3)12-15-8-11-18-14/h15H,4-12H2,1-3H3. The summed E-state index contributed by atoms with van der Waals surface area (Å²) in [6.07, 6.45) is 4.46. The lowest BCUT2D eigenvalue weighted by Gasteiger charge is -2.37. The van der Waals surface area contributed by atoms with Gasteiger partial charge in [0, 0.05) is 26.2 Å². The SMILES string of the molecule is CCCCCN(CCC)C(=O)C1(C)CNCCO1. The predicted octanol–water partition coefficient (Wildman–Crippen LogP) is 1.79. The lowest BCUT2D eigenvalue weighted by Crippen LogP contribution is -2.58. The van der Waals surface area contributed by atoms with Crippen LogP contribution in [-0.2, 0) is 9.53 Å². The van der Waals surface area contributed by atoms with Crippen molar-refractivity contribution in [1.29, 1.82) is 0 Å². The normalized spacial score (nSPS) is 23.9. The van der Waals surface area contributed by atoms with Crippen LogP contribution in [0.2, 0.25) is 0 Å². The topological polar surface area (TPSA) is 41.6 Å². The summed E-state index contributed by atoms with van der Waals surface area (Å²) in [5.74, 6) is 0.146. The summed E-state index contributed by atoms with van der Waals surface area (Å²) >= 11 is 0. The Morgan fingerprint density at radius 2 is 2.06 bits per heavy atom. The summed E-state index contributed by atoms with van der Waals surface area (Å²) in [6, 6.07) is 0. The number of morpholine rings is 1. The molecule has 0 bridgehead atoms. The van der Waals surface area contributed by atoms with Crippen LogP contribution in [-0.4, -0.2) is 49.2 Å². The summed E-state index contributed by atoms with van der Waals surface area (Å²) in [5, 5.41) is 3.25. The molecule has 1 aliphatic rings. The fraction of sp³-hybridized carbons (Fsp3) is 0.929. The van der Waals surface area contributed by atoms with Gasteiger partial charge in [0.15, 0.2) is 5.60 Å². The molecule has 1 atom stereocenters. The van der Waals surface area contributed by atoms with Gasteiger partial charge >= 0.3 is 0 Å². The first kappa shape index (κ1) is 15.4. The fourth-order valence-corrected chi connectivity index (χ4v) is 2.34. The van der Waals surface area contributed by atoms with E-state index >= 15 is 0 Å². The van der Waals surface area contributed by atoms with Crippen LogP contribution in [0.3, 0.4) is 0 Å². The van der Waals surface area contributed by atoms with Crippen LogP contribution in [0.15, 0.2) is 0 Å². The van der Waals surface area contributed by atoms with Gasteiger partial charge in [-0.15, -0.1) is 0 Å². The van der Waals surface area contributed by atoms with Gasteiger partial charge in [0.05, 0.1) is 6.61 Å². The van der Waals surface area contributed by atoms with Gasteiger partial charge < -0.3 is 15.0 Å². The molecule has 1 fully saturated rings. The van der Waals surface area contributed by atoms with Crippen LogP contribution in [0, 0.1) is 0 Å². The number of carbonyl (C=O) groups is 1. The average Bonchev–Trinajstić information content (AvgIpc) is 2.38. The molecule has 4 heteroatoms. The highest BCUT2D eigenvalue weighted by atomic mass is 16.5. The monoisotopic (exact) mass is 256 g/mol. The summed E-state index contributed by atoms with van der Waals surface area (Å²) in [4.78, 5) is 14.5. The molecule has 106 valence electrons. The lowest BCUT2D eigenvalue weighted by molar-refractivity contribution is -0.159. The van der Waals surface area contributed by atoms with Crippen LogP contribution < -0.4 is 5.32 Å². The number of rotatable bonds is 7. The predicted molar refractivity (Wildman–Crippen MR) is 73.6 cm³/mol. The minimum atomic E-state index is -0.667. The molecular weight excluding hydrogens is 228 g/mol. The van der Waals surface area contributed by atoms with E-state index in [4.69, 9.17) is 4.74 Å². The van der Waals surface area contributed by atoms with Crippen molar-refractivity contribution in [2.24, 2.45) is 0 Å². The summed E-state index contributed by atoms with van der Waals surface area (Å²) in [7, 11) is 0. The molecule has 1 unspecified atom stereocenters. The molecule has 0 aromatic rings. The van der Waals surface area contributed by atoms with E-state index in [1.807, 2.05) is 11.8 Å². The van der Waals surface area contributed by atoms with Crippen LogP contribution in [0.4, 0.5) is 0 Å². The Labute approximate surface area is 111 Å². The van der Waals surface area contributed by atoms with Crippen molar-refractivity contribution in [2.75, 3.05) is 32.8 Å². The molecule has 1 rings (SSSR count). The average molecular weight is 256 g/mol. The number of amides is 1. The molecule has 1 saturated heterocycles. The van der Waals surface area contributed by atoms with Crippen LogP contribution in [0.1, 0.15) is 46.5 Å². The van der Waals surface area contributed by atoms with Crippen molar-refractivity contribution in [3.8, 4) is 0 Å². The third-order valence-electron chi connectivity index (χ3n) is 3.43. The lowest BCUT2D eigenvalue weighted by atomic mass is 10.0. The number of ether oxygens (including phenoxy) is 1. The van der Waals surface area contributed by atoms with Gasteiger partial charge in [-0.2, -0.15) is 0 Å². The minimum Gasteiger partial charge on any atom is -0.363 e. The third-order valence-corrected chi connectivity index (χ3v) is 3.43. The second kappa shape index (κ2) is 7.74. The molecular formula is C14H28N2O2. The van der Waals surface area contributed by atoms with Gasteiger partial charge in [-0.3, -0.25) is 4.79 Å². The third kappa shape index (κ3) is 4.25. The molecule has 1 amide bonds. The van der Waals surface area contributed by atoms with Gasteiger partial charge in [0.1, 0.15) is 0 Å². The van der Waals surface area contributed by atoms with Gasteiger partial charge in [0.2, 0.25) is 0 Å². The maximum absolute atomic E-state index is 12.6. The van der Waals surface area contributed by atoms with Gasteiger partial charge in [0.25, 0.3) is 5.91 Å². The van der Waals surface area contributed by atoms with E-state index in [1.165, 1.54) is 12.8 Å². The smallest absolute Gasteiger partial charge is 0.255 e. The summed E-state index contributed by atoms with van der Waals surface area (Å²) in [5.41, 5.74) is -0.667. The van der Waals surface area contributed by atoms with E-state index in [0.717, 1.165) is 32.5 Å². The number of nitrogens with zero attached hydrogens (tertiary/aromatic N) is 1. The molecule has 1 N–H and O–H groups in total. The largest absolute Gasteiger partial charge is 0.363 e. The number of hydrogen-bond donors (Lipinski definition) is 1. The van der Waals surface area contributed by atoms with Gasteiger partial charge in [-0.25, -0.2) is 0 Å². The van der Waals surface area contributed by atoms with E-state index in [0.29, 0.717) is 13.2 Å². The Hall–Kier alpha value is -0.610.